The van der Waals surface area contributed by atoms with Crippen LogP contribution in [0.25, 0.3) is 0 Å². The van der Waals surface area contributed by atoms with Crippen molar-refractivity contribution in [1.82, 2.24) is 0 Å². The maximum atomic E-state index is 10.2. The lowest BCUT2D eigenvalue weighted by Crippen LogP contribution is -2.32. The van der Waals surface area contributed by atoms with Gasteiger partial charge >= 0.3 is 11.9 Å². The van der Waals surface area contributed by atoms with E-state index in [0.29, 0.717) is 11.1 Å². The quantitative estimate of drug-likeness (QED) is 0.678. The van der Waals surface area contributed by atoms with Crippen LogP contribution in [0.5, 0.6) is 0 Å². The van der Waals surface area contributed by atoms with E-state index in [9.17, 15) is 9.59 Å². The minimum atomic E-state index is -0.944. The molecule has 0 bridgehead atoms. The molecule has 25 heavy (non-hydrogen) atoms. The van der Waals surface area contributed by atoms with Gasteiger partial charge in [-0.1, -0.05) is 36.4 Å². The minimum Gasteiger partial charge on any atom is -0.478 e. The predicted molar refractivity (Wildman–Crippen MR) is 94.8 cm³/mol. The fourth-order valence-corrected chi connectivity index (χ4v) is 1.16. The van der Waals surface area contributed by atoms with E-state index in [4.69, 9.17) is 20.4 Å². The maximum absolute atomic E-state index is 10.2. The van der Waals surface area contributed by atoms with Crippen LogP contribution < -0.4 is 0 Å². The summed E-state index contributed by atoms with van der Waals surface area (Å²) in [5.74, 6) is -1.76. The highest BCUT2D eigenvalue weighted by Gasteiger charge is 2.18. The summed E-state index contributed by atoms with van der Waals surface area (Å²) in [5, 5.41) is 34.3. The number of rotatable bonds is 3. The maximum Gasteiger partial charge on any atom is 0.335 e. The average molecular weight is 348 g/mol. The van der Waals surface area contributed by atoms with E-state index in [1.165, 1.54) is 0 Å². The molecule has 0 fully saturated rings. The normalized spacial score (nSPS) is 11.1. The number of carboxylic acid groups (broad SMARTS) is 2. The van der Waals surface area contributed by atoms with Crippen LogP contribution >= 0.6 is 0 Å². The van der Waals surface area contributed by atoms with Crippen LogP contribution in [0.3, 0.4) is 0 Å². The Labute approximate surface area is 147 Å². The third kappa shape index (κ3) is 10.6. The van der Waals surface area contributed by atoms with Crippen molar-refractivity contribution in [2.24, 2.45) is 0 Å². The Morgan fingerprint density at radius 3 is 1.16 bits per heavy atom. The van der Waals surface area contributed by atoms with Crippen molar-refractivity contribution in [3.8, 4) is 0 Å². The number of carbonyl (C=O) groups is 2. The van der Waals surface area contributed by atoms with Crippen molar-refractivity contribution in [3.63, 3.8) is 0 Å². The van der Waals surface area contributed by atoms with Gasteiger partial charge in [-0.15, -0.1) is 0 Å². The first-order chi connectivity index (χ1) is 11.6. The molecule has 2 rings (SSSR count). The molecule has 0 aliphatic heterocycles. The fraction of sp³-hybridized carbons (Fsp3) is 0.263. The van der Waals surface area contributed by atoms with E-state index in [-0.39, 0.29) is 0 Å². The first-order valence-electron chi connectivity index (χ1n) is 7.52. The zero-order chi connectivity index (χ0) is 19.5. The van der Waals surface area contributed by atoms with Crippen molar-refractivity contribution < 1.29 is 30.0 Å². The number of aromatic carboxylic acids is 2. The van der Waals surface area contributed by atoms with Crippen LogP contribution in [-0.2, 0) is 0 Å². The van der Waals surface area contributed by atoms with Crippen molar-refractivity contribution in [1.29, 1.82) is 0 Å². The van der Waals surface area contributed by atoms with Gasteiger partial charge in [0.2, 0.25) is 0 Å². The lowest BCUT2D eigenvalue weighted by atomic mass is 10.0. The molecule has 0 amide bonds. The monoisotopic (exact) mass is 348 g/mol. The third-order valence-electron chi connectivity index (χ3n) is 3.06. The molecule has 0 heterocycles. The number of carboxylic acids is 2. The smallest absolute Gasteiger partial charge is 0.335 e. The summed E-state index contributed by atoms with van der Waals surface area (Å²) in [6, 6.07) is 16.6. The van der Waals surface area contributed by atoms with Crippen LogP contribution in [0.2, 0.25) is 0 Å². The summed E-state index contributed by atoms with van der Waals surface area (Å²) >= 11 is 0. The average Bonchev–Trinajstić information content (AvgIpc) is 2.56. The van der Waals surface area contributed by atoms with Gasteiger partial charge in [0, 0.05) is 0 Å². The van der Waals surface area contributed by atoms with Gasteiger partial charge in [-0.25, -0.2) is 9.59 Å². The van der Waals surface area contributed by atoms with Gasteiger partial charge in [-0.05, 0) is 45.0 Å². The van der Waals surface area contributed by atoms with Crippen LogP contribution in [-0.4, -0.2) is 44.1 Å². The molecule has 1 atom stereocenters. The van der Waals surface area contributed by atoms with Crippen LogP contribution in [0.15, 0.2) is 60.7 Å². The van der Waals surface area contributed by atoms with Crippen LogP contribution in [0.4, 0.5) is 0 Å². The Kier molecular flexibility index (Phi) is 9.78. The molecule has 0 spiro atoms. The third-order valence-corrected chi connectivity index (χ3v) is 3.06. The number of aliphatic hydroxyl groups excluding tert-OH is 1. The fourth-order valence-electron chi connectivity index (χ4n) is 1.16. The van der Waals surface area contributed by atoms with E-state index in [1.807, 2.05) is 0 Å². The highest BCUT2D eigenvalue weighted by Crippen LogP contribution is 2.05. The molecule has 2 aromatic rings. The van der Waals surface area contributed by atoms with Gasteiger partial charge in [-0.2, -0.15) is 0 Å². The van der Waals surface area contributed by atoms with Gasteiger partial charge in [0.25, 0.3) is 0 Å². The van der Waals surface area contributed by atoms with Crippen LogP contribution in [0, 0.1) is 0 Å². The predicted octanol–water partition coefficient (Wildman–Crippen LogP) is 2.91. The topological polar surface area (TPSA) is 115 Å². The number of hydrogen-bond donors (Lipinski definition) is 4. The number of aliphatic hydroxyl groups is 2. The van der Waals surface area contributed by atoms with E-state index in [0.717, 1.165) is 0 Å². The SMILES string of the molecule is CC(O)C(C)(C)O.O=C(O)c1ccccc1.O=C(O)c1ccccc1. The Balaban J connectivity index is 0.000000350. The molecule has 136 valence electrons. The van der Waals surface area contributed by atoms with Crippen molar-refractivity contribution in [2.75, 3.05) is 0 Å². The van der Waals surface area contributed by atoms with Crippen molar-refractivity contribution in [2.45, 2.75) is 32.5 Å². The standard InChI is InChI=1S/2C7H6O2.C5H12O2/c2*8-7(9)6-4-2-1-3-5-6;1-4(6)5(2,3)7/h2*1-5H,(H,8,9);4,6-7H,1-3H3. The lowest BCUT2D eigenvalue weighted by Gasteiger charge is -2.19. The summed E-state index contributed by atoms with van der Waals surface area (Å²) in [6.45, 7) is 4.69. The lowest BCUT2D eigenvalue weighted by molar-refractivity contribution is -0.0375. The molecule has 4 N–H and O–H groups in total. The van der Waals surface area contributed by atoms with Gasteiger partial charge in [0.15, 0.2) is 0 Å². The number of benzene rings is 2. The molecule has 1 unspecified atom stereocenters. The largest absolute Gasteiger partial charge is 0.478 e. The molecular weight excluding hydrogens is 324 g/mol. The molecule has 0 aliphatic carbocycles. The van der Waals surface area contributed by atoms with E-state index < -0.39 is 23.6 Å². The van der Waals surface area contributed by atoms with Gasteiger partial charge in [0.05, 0.1) is 22.8 Å². The Hall–Kier alpha value is -2.70. The Morgan fingerprint density at radius 2 is 1.04 bits per heavy atom. The van der Waals surface area contributed by atoms with Gasteiger partial charge in [-0.3, -0.25) is 0 Å². The second-order valence-electron chi connectivity index (χ2n) is 5.67. The molecule has 0 saturated heterocycles. The van der Waals surface area contributed by atoms with E-state index >= 15 is 0 Å². The summed E-state index contributed by atoms with van der Waals surface area (Å²) in [6.07, 6.45) is -0.646. The molecule has 2 aromatic carbocycles. The molecule has 0 aromatic heterocycles. The first kappa shape index (κ1) is 22.3. The molecular formula is C19H24O6. The minimum absolute atomic E-state index is 0.331. The molecule has 0 aliphatic rings. The second-order valence-corrected chi connectivity index (χ2v) is 5.67. The summed E-state index contributed by atoms with van der Waals surface area (Å²) < 4.78 is 0. The molecule has 6 nitrogen and oxygen atoms in total. The summed E-state index contributed by atoms with van der Waals surface area (Å²) in [4.78, 5) is 20.4. The highest BCUT2D eigenvalue weighted by atomic mass is 16.4. The van der Waals surface area contributed by atoms with Crippen molar-refractivity contribution in [3.05, 3.63) is 71.8 Å². The second kappa shape index (κ2) is 11.0. The summed E-state index contributed by atoms with van der Waals surface area (Å²) in [7, 11) is 0. The molecule has 6 heteroatoms. The summed E-state index contributed by atoms with van der Waals surface area (Å²) in [5.41, 5.74) is -0.282. The molecule has 0 saturated carbocycles. The first-order valence-corrected chi connectivity index (χ1v) is 7.52. The van der Waals surface area contributed by atoms with E-state index in [1.54, 1.807) is 81.4 Å². The van der Waals surface area contributed by atoms with E-state index in [2.05, 4.69) is 0 Å². The zero-order valence-corrected chi connectivity index (χ0v) is 14.5. The van der Waals surface area contributed by atoms with Gasteiger partial charge < -0.3 is 20.4 Å². The Bertz CT molecular complexity index is 580. The highest BCUT2D eigenvalue weighted by molar-refractivity contribution is 5.87. The Morgan fingerprint density at radius 1 is 0.800 bits per heavy atom. The molecule has 0 radical (unpaired) electrons. The van der Waals surface area contributed by atoms with Crippen molar-refractivity contribution >= 4 is 11.9 Å². The van der Waals surface area contributed by atoms with Crippen LogP contribution in [0.1, 0.15) is 41.5 Å². The van der Waals surface area contributed by atoms with Gasteiger partial charge in [0.1, 0.15) is 0 Å². The number of hydrogen-bond acceptors (Lipinski definition) is 4. The zero-order valence-electron chi connectivity index (χ0n) is 14.5.